The molecular weight excluding hydrogens is 124 g/mol. The molecule has 0 aromatic rings. The zero-order valence-electron chi connectivity index (χ0n) is 6.19. The number of amidine groups is 1. The Balaban J connectivity index is 2.14. The normalized spacial score (nSPS) is 34.6. The molecule has 1 spiro atoms. The number of hydrogen-bond donors (Lipinski definition) is 2. The van der Waals surface area contributed by atoms with E-state index < -0.39 is 0 Å². The van der Waals surface area contributed by atoms with E-state index in [1.165, 1.54) is 32.1 Å². The number of nitrogens with one attached hydrogen (secondary N) is 1. The Bertz CT molecular complexity index is 170. The van der Waals surface area contributed by atoms with Crippen LogP contribution in [0.1, 0.15) is 32.1 Å². The highest BCUT2D eigenvalue weighted by molar-refractivity contribution is 5.81. The molecule has 10 heavy (non-hydrogen) atoms. The van der Waals surface area contributed by atoms with Crippen molar-refractivity contribution in [3.8, 4) is 0 Å². The maximum absolute atomic E-state index is 7.36. The van der Waals surface area contributed by atoms with E-state index in [0.29, 0.717) is 17.2 Å². The maximum atomic E-state index is 7.36. The molecule has 0 radical (unpaired) electrons. The molecule has 2 heteroatoms. The molecule has 2 rings (SSSR count). The third-order valence-corrected chi connectivity index (χ3v) is 3.17. The SMILES string of the molecule is N=C(N)C1CCCC12CC2. The van der Waals surface area contributed by atoms with Gasteiger partial charge < -0.3 is 5.73 Å². The van der Waals surface area contributed by atoms with Crippen molar-refractivity contribution in [1.29, 1.82) is 5.41 Å². The second-order valence-corrected chi connectivity index (χ2v) is 3.76. The standard InChI is InChI=1S/C8H14N2/c9-7(10)6-2-1-3-8(6)4-5-8/h6H,1-5H2,(H3,9,10). The van der Waals surface area contributed by atoms with Gasteiger partial charge in [-0.25, -0.2) is 0 Å². The van der Waals surface area contributed by atoms with Crippen LogP contribution in [0.2, 0.25) is 0 Å². The van der Waals surface area contributed by atoms with E-state index >= 15 is 0 Å². The predicted octanol–water partition coefficient (Wildman–Crippen LogP) is 1.50. The summed E-state index contributed by atoms with van der Waals surface area (Å²) in [5.41, 5.74) is 6.03. The maximum Gasteiger partial charge on any atom is 0.0942 e. The fourth-order valence-corrected chi connectivity index (χ4v) is 2.38. The molecule has 0 bridgehead atoms. The Kier molecular flexibility index (Phi) is 1.08. The quantitative estimate of drug-likeness (QED) is 0.418. The largest absolute Gasteiger partial charge is 0.387 e. The first-order valence-electron chi connectivity index (χ1n) is 4.08. The van der Waals surface area contributed by atoms with E-state index in [9.17, 15) is 0 Å². The summed E-state index contributed by atoms with van der Waals surface area (Å²) in [6.45, 7) is 0. The summed E-state index contributed by atoms with van der Waals surface area (Å²) in [6.07, 6.45) is 6.46. The van der Waals surface area contributed by atoms with Crippen LogP contribution in [0.3, 0.4) is 0 Å². The van der Waals surface area contributed by atoms with Gasteiger partial charge in [0.1, 0.15) is 0 Å². The van der Waals surface area contributed by atoms with Crippen LogP contribution >= 0.6 is 0 Å². The van der Waals surface area contributed by atoms with Crippen LogP contribution in [0, 0.1) is 16.7 Å². The van der Waals surface area contributed by atoms with Gasteiger partial charge in [0.15, 0.2) is 0 Å². The second kappa shape index (κ2) is 1.74. The zero-order valence-corrected chi connectivity index (χ0v) is 6.19. The van der Waals surface area contributed by atoms with Crippen molar-refractivity contribution in [3.63, 3.8) is 0 Å². The molecule has 2 aliphatic rings. The van der Waals surface area contributed by atoms with E-state index in [4.69, 9.17) is 11.1 Å². The van der Waals surface area contributed by atoms with Gasteiger partial charge in [0.2, 0.25) is 0 Å². The van der Waals surface area contributed by atoms with E-state index in [2.05, 4.69) is 0 Å². The van der Waals surface area contributed by atoms with Gasteiger partial charge in [0.05, 0.1) is 5.84 Å². The fourth-order valence-electron chi connectivity index (χ4n) is 2.38. The lowest BCUT2D eigenvalue weighted by molar-refractivity contribution is 0.457. The summed E-state index contributed by atoms with van der Waals surface area (Å²) in [4.78, 5) is 0. The highest BCUT2D eigenvalue weighted by Crippen LogP contribution is 2.61. The van der Waals surface area contributed by atoms with E-state index in [1.54, 1.807) is 0 Å². The molecule has 0 aliphatic heterocycles. The summed E-state index contributed by atoms with van der Waals surface area (Å²) in [5.74, 6) is 0.891. The Morgan fingerprint density at radius 3 is 2.50 bits per heavy atom. The molecule has 56 valence electrons. The van der Waals surface area contributed by atoms with Crippen LogP contribution < -0.4 is 5.73 Å². The summed E-state index contributed by atoms with van der Waals surface area (Å²) in [5, 5.41) is 7.36. The second-order valence-electron chi connectivity index (χ2n) is 3.76. The molecule has 2 aliphatic carbocycles. The van der Waals surface area contributed by atoms with Crippen LogP contribution in [-0.4, -0.2) is 5.84 Å². The van der Waals surface area contributed by atoms with Crippen molar-refractivity contribution in [3.05, 3.63) is 0 Å². The molecule has 0 amide bonds. The summed E-state index contributed by atoms with van der Waals surface area (Å²) < 4.78 is 0. The van der Waals surface area contributed by atoms with Crippen molar-refractivity contribution in [2.24, 2.45) is 17.1 Å². The van der Waals surface area contributed by atoms with Gasteiger partial charge in [-0.1, -0.05) is 6.42 Å². The molecule has 0 aromatic heterocycles. The summed E-state index contributed by atoms with van der Waals surface area (Å²) in [6, 6.07) is 0. The average Bonchev–Trinajstić information content (AvgIpc) is 2.42. The van der Waals surface area contributed by atoms with Crippen molar-refractivity contribution >= 4 is 5.84 Å². The highest BCUT2D eigenvalue weighted by Gasteiger charge is 2.52. The van der Waals surface area contributed by atoms with Gasteiger partial charge in [-0.2, -0.15) is 0 Å². The monoisotopic (exact) mass is 138 g/mol. The molecule has 2 saturated carbocycles. The topological polar surface area (TPSA) is 49.9 Å². The molecule has 0 aromatic carbocycles. The van der Waals surface area contributed by atoms with Gasteiger partial charge >= 0.3 is 0 Å². The lowest BCUT2D eigenvalue weighted by Crippen LogP contribution is -2.26. The van der Waals surface area contributed by atoms with Crippen LogP contribution in [0.15, 0.2) is 0 Å². The van der Waals surface area contributed by atoms with Crippen molar-refractivity contribution in [2.45, 2.75) is 32.1 Å². The highest BCUT2D eigenvalue weighted by atomic mass is 14.8. The van der Waals surface area contributed by atoms with E-state index in [1.807, 2.05) is 0 Å². The van der Waals surface area contributed by atoms with Crippen LogP contribution in [-0.2, 0) is 0 Å². The molecule has 2 fully saturated rings. The van der Waals surface area contributed by atoms with Crippen LogP contribution in [0.4, 0.5) is 0 Å². The number of rotatable bonds is 1. The third kappa shape index (κ3) is 0.678. The van der Waals surface area contributed by atoms with Gasteiger partial charge in [0, 0.05) is 5.92 Å². The lowest BCUT2D eigenvalue weighted by Gasteiger charge is -2.15. The minimum atomic E-state index is 0.440. The van der Waals surface area contributed by atoms with Crippen LogP contribution in [0.25, 0.3) is 0 Å². The Morgan fingerprint density at radius 2 is 2.10 bits per heavy atom. The minimum absolute atomic E-state index is 0.440. The number of nitrogens with two attached hydrogens (primary N) is 1. The van der Waals surface area contributed by atoms with Crippen molar-refractivity contribution in [2.75, 3.05) is 0 Å². The first kappa shape index (κ1) is 6.20. The summed E-state index contributed by atoms with van der Waals surface area (Å²) in [7, 11) is 0. The van der Waals surface area contributed by atoms with E-state index in [0.717, 1.165) is 0 Å². The first-order chi connectivity index (χ1) is 4.75. The van der Waals surface area contributed by atoms with Gasteiger partial charge in [-0.15, -0.1) is 0 Å². The third-order valence-electron chi connectivity index (χ3n) is 3.17. The number of hydrogen-bond acceptors (Lipinski definition) is 1. The molecule has 0 saturated heterocycles. The zero-order chi connectivity index (χ0) is 7.19. The van der Waals surface area contributed by atoms with Gasteiger partial charge in [-0.3, -0.25) is 5.41 Å². The van der Waals surface area contributed by atoms with Gasteiger partial charge in [-0.05, 0) is 31.1 Å². The van der Waals surface area contributed by atoms with Crippen molar-refractivity contribution < 1.29 is 0 Å². The van der Waals surface area contributed by atoms with Crippen LogP contribution in [0.5, 0.6) is 0 Å². The summed E-state index contributed by atoms with van der Waals surface area (Å²) >= 11 is 0. The molecule has 3 N–H and O–H groups in total. The first-order valence-corrected chi connectivity index (χ1v) is 4.08. The average molecular weight is 138 g/mol. The van der Waals surface area contributed by atoms with E-state index in [-0.39, 0.29) is 0 Å². The fraction of sp³-hybridized carbons (Fsp3) is 0.875. The molecule has 1 atom stereocenters. The Morgan fingerprint density at radius 1 is 1.40 bits per heavy atom. The molecule has 1 unspecified atom stereocenters. The molecule has 2 nitrogen and oxygen atoms in total. The minimum Gasteiger partial charge on any atom is -0.387 e. The van der Waals surface area contributed by atoms with Crippen molar-refractivity contribution in [1.82, 2.24) is 0 Å². The smallest absolute Gasteiger partial charge is 0.0942 e. The predicted molar refractivity (Wildman–Crippen MR) is 40.9 cm³/mol. The molecule has 0 heterocycles. The van der Waals surface area contributed by atoms with Gasteiger partial charge in [0.25, 0.3) is 0 Å². The Hall–Kier alpha value is -0.530. The lowest BCUT2D eigenvalue weighted by atomic mass is 9.92. The molecular formula is C8H14N2. The Labute approximate surface area is 61.3 Å².